The van der Waals surface area contributed by atoms with Gasteiger partial charge in [0.25, 0.3) is 5.91 Å². The number of hydrazone groups is 1. The second-order valence-corrected chi connectivity index (χ2v) is 8.39. The summed E-state index contributed by atoms with van der Waals surface area (Å²) in [6.45, 7) is 2.64. The lowest BCUT2D eigenvalue weighted by atomic mass is 10.2. The molecule has 3 aromatic rings. The summed E-state index contributed by atoms with van der Waals surface area (Å²) in [5, 5.41) is 4.01. The zero-order valence-corrected chi connectivity index (χ0v) is 20.4. The Labute approximate surface area is 202 Å². The van der Waals surface area contributed by atoms with Crippen molar-refractivity contribution in [3.63, 3.8) is 0 Å². The van der Waals surface area contributed by atoms with Crippen molar-refractivity contribution >= 4 is 50.0 Å². The number of hydrogen-bond donors (Lipinski definition) is 1. The van der Waals surface area contributed by atoms with E-state index in [0.29, 0.717) is 39.3 Å². The zero-order valence-electron chi connectivity index (χ0n) is 17.2. The number of nitrogens with one attached hydrogen (secondary N) is 1. The molecule has 0 aliphatic carbocycles. The van der Waals surface area contributed by atoms with Gasteiger partial charge in [0, 0.05) is 14.5 Å². The summed E-state index contributed by atoms with van der Waals surface area (Å²) in [4.78, 5) is 24.9. The monoisotopic (exact) mass is 558 g/mol. The van der Waals surface area contributed by atoms with Gasteiger partial charge in [-0.1, -0.05) is 35.0 Å². The van der Waals surface area contributed by atoms with Crippen LogP contribution in [0, 0.1) is 0 Å². The van der Waals surface area contributed by atoms with Crippen LogP contribution >= 0.6 is 31.9 Å². The number of benzene rings is 3. The lowest BCUT2D eigenvalue weighted by Gasteiger charge is -2.09. The first kappa shape index (κ1) is 23.7. The van der Waals surface area contributed by atoms with Crippen molar-refractivity contribution in [1.82, 2.24) is 5.43 Å². The molecule has 3 aromatic carbocycles. The minimum Gasteiger partial charge on any atom is -0.494 e. The molecule has 0 unspecified atom stereocenters. The van der Waals surface area contributed by atoms with Crippen LogP contribution in [0.4, 0.5) is 0 Å². The maximum Gasteiger partial charge on any atom is 0.343 e. The van der Waals surface area contributed by atoms with Gasteiger partial charge in [-0.2, -0.15) is 5.10 Å². The number of nitrogens with zero attached hydrogens (tertiary/aromatic N) is 1. The van der Waals surface area contributed by atoms with Gasteiger partial charge >= 0.3 is 5.97 Å². The summed E-state index contributed by atoms with van der Waals surface area (Å²) in [5.41, 5.74) is 3.84. The van der Waals surface area contributed by atoms with Crippen molar-refractivity contribution in [3.05, 3.63) is 92.4 Å². The lowest BCUT2D eigenvalue weighted by molar-refractivity contribution is 0.0734. The Morgan fingerprint density at radius 2 is 1.78 bits per heavy atom. The SMILES string of the molecule is CCCOc1ccc(C(=O)Oc2ccc(Br)cc2/C=N\NC(=O)c2ccccc2Br)cc1. The van der Waals surface area contributed by atoms with E-state index in [4.69, 9.17) is 9.47 Å². The number of carbonyl (C=O) groups excluding carboxylic acids is 2. The number of rotatable bonds is 8. The standard InChI is InChI=1S/C24H20Br2N2O4/c1-2-13-31-19-10-7-16(8-11-19)24(30)32-22-12-9-18(25)14-17(22)15-27-28-23(29)20-5-3-4-6-21(20)26/h3-12,14-15H,2,13H2,1H3,(H,28,29)/b27-15-. The lowest BCUT2D eigenvalue weighted by Crippen LogP contribution is -2.18. The summed E-state index contributed by atoms with van der Waals surface area (Å²) in [6, 6.07) is 18.9. The average Bonchev–Trinajstić information content (AvgIpc) is 2.80. The third kappa shape index (κ3) is 6.51. The van der Waals surface area contributed by atoms with E-state index in [0.717, 1.165) is 10.9 Å². The molecule has 3 rings (SSSR count). The van der Waals surface area contributed by atoms with Gasteiger partial charge in [0.15, 0.2) is 0 Å². The van der Waals surface area contributed by atoms with E-state index >= 15 is 0 Å². The predicted molar refractivity (Wildman–Crippen MR) is 131 cm³/mol. The summed E-state index contributed by atoms with van der Waals surface area (Å²) >= 11 is 6.73. The molecule has 0 saturated carbocycles. The fraction of sp³-hybridized carbons (Fsp3) is 0.125. The van der Waals surface area contributed by atoms with Crippen LogP contribution in [-0.2, 0) is 0 Å². The molecule has 32 heavy (non-hydrogen) atoms. The first-order valence-electron chi connectivity index (χ1n) is 9.80. The van der Waals surface area contributed by atoms with Gasteiger partial charge in [-0.15, -0.1) is 0 Å². The van der Waals surface area contributed by atoms with E-state index in [1.165, 1.54) is 6.21 Å². The van der Waals surface area contributed by atoms with Crippen LogP contribution in [0.2, 0.25) is 0 Å². The largest absolute Gasteiger partial charge is 0.494 e. The van der Waals surface area contributed by atoms with E-state index in [-0.39, 0.29) is 5.91 Å². The number of amides is 1. The second kappa shape index (κ2) is 11.6. The van der Waals surface area contributed by atoms with Gasteiger partial charge < -0.3 is 9.47 Å². The van der Waals surface area contributed by atoms with Gasteiger partial charge in [0.05, 0.1) is 23.9 Å². The van der Waals surface area contributed by atoms with Crippen LogP contribution in [0.5, 0.6) is 11.5 Å². The van der Waals surface area contributed by atoms with Crippen LogP contribution in [0.25, 0.3) is 0 Å². The molecule has 0 atom stereocenters. The summed E-state index contributed by atoms with van der Waals surface area (Å²) in [7, 11) is 0. The van der Waals surface area contributed by atoms with Crippen molar-refractivity contribution in [2.45, 2.75) is 13.3 Å². The average molecular weight is 560 g/mol. The Balaban J connectivity index is 1.70. The molecule has 1 amide bonds. The molecule has 0 fully saturated rings. The third-order valence-corrected chi connectivity index (χ3v) is 5.41. The Bertz CT molecular complexity index is 1130. The minimum absolute atomic E-state index is 0.309. The van der Waals surface area contributed by atoms with Crippen molar-refractivity contribution < 1.29 is 19.1 Å². The highest BCUT2D eigenvalue weighted by molar-refractivity contribution is 9.10. The van der Waals surface area contributed by atoms with E-state index < -0.39 is 5.97 Å². The second-order valence-electron chi connectivity index (χ2n) is 6.62. The van der Waals surface area contributed by atoms with E-state index in [9.17, 15) is 9.59 Å². The molecule has 0 aromatic heterocycles. The number of carbonyl (C=O) groups is 2. The van der Waals surface area contributed by atoms with Crippen LogP contribution in [-0.4, -0.2) is 24.7 Å². The van der Waals surface area contributed by atoms with Gasteiger partial charge in [-0.05, 0) is 76.9 Å². The number of esters is 1. The molecule has 0 aliphatic heterocycles. The molecule has 0 heterocycles. The summed E-state index contributed by atoms with van der Waals surface area (Å²) in [6.07, 6.45) is 2.32. The van der Waals surface area contributed by atoms with Crippen LogP contribution in [0.15, 0.2) is 80.8 Å². The summed E-state index contributed by atoms with van der Waals surface area (Å²) < 4.78 is 12.5. The van der Waals surface area contributed by atoms with Crippen molar-refractivity contribution in [2.24, 2.45) is 5.10 Å². The van der Waals surface area contributed by atoms with Gasteiger partial charge in [-0.25, -0.2) is 10.2 Å². The fourth-order valence-corrected chi connectivity index (χ4v) is 3.49. The maximum absolute atomic E-state index is 12.6. The van der Waals surface area contributed by atoms with Crippen LogP contribution in [0.1, 0.15) is 39.6 Å². The Kier molecular flexibility index (Phi) is 8.58. The normalized spacial score (nSPS) is 10.7. The highest BCUT2D eigenvalue weighted by atomic mass is 79.9. The first-order chi connectivity index (χ1) is 15.5. The Morgan fingerprint density at radius 1 is 1.03 bits per heavy atom. The highest BCUT2D eigenvalue weighted by Crippen LogP contribution is 2.23. The van der Waals surface area contributed by atoms with Crippen molar-refractivity contribution in [3.8, 4) is 11.5 Å². The first-order valence-corrected chi connectivity index (χ1v) is 11.4. The van der Waals surface area contributed by atoms with E-state index in [1.54, 1.807) is 60.7 Å². The molecule has 0 bridgehead atoms. The topological polar surface area (TPSA) is 77.0 Å². The van der Waals surface area contributed by atoms with E-state index in [2.05, 4.69) is 42.4 Å². The van der Waals surface area contributed by atoms with Crippen molar-refractivity contribution in [2.75, 3.05) is 6.61 Å². The van der Waals surface area contributed by atoms with E-state index in [1.807, 2.05) is 13.0 Å². The summed E-state index contributed by atoms with van der Waals surface area (Å²) in [5.74, 6) is 0.123. The maximum atomic E-state index is 12.6. The highest BCUT2D eigenvalue weighted by Gasteiger charge is 2.13. The molecule has 0 aliphatic rings. The number of hydrogen-bond acceptors (Lipinski definition) is 5. The molecular formula is C24H20Br2N2O4. The predicted octanol–water partition coefficient (Wildman–Crippen LogP) is 5.98. The van der Waals surface area contributed by atoms with Gasteiger partial charge in [0.2, 0.25) is 0 Å². The molecule has 0 spiro atoms. The van der Waals surface area contributed by atoms with Gasteiger partial charge in [0.1, 0.15) is 11.5 Å². The van der Waals surface area contributed by atoms with Crippen molar-refractivity contribution in [1.29, 1.82) is 0 Å². The molecular weight excluding hydrogens is 540 g/mol. The fourth-order valence-electron chi connectivity index (χ4n) is 2.65. The minimum atomic E-state index is -0.513. The van der Waals surface area contributed by atoms with Crippen LogP contribution < -0.4 is 14.9 Å². The van der Waals surface area contributed by atoms with Crippen LogP contribution in [0.3, 0.4) is 0 Å². The number of halogens is 2. The number of ether oxygens (including phenoxy) is 2. The molecule has 8 heteroatoms. The van der Waals surface area contributed by atoms with Gasteiger partial charge in [-0.3, -0.25) is 4.79 Å². The third-order valence-electron chi connectivity index (χ3n) is 4.23. The molecule has 1 N–H and O–H groups in total. The Morgan fingerprint density at radius 3 is 2.50 bits per heavy atom. The quantitative estimate of drug-likeness (QED) is 0.159. The molecule has 164 valence electrons. The molecule has 0 saturated heterocycles. The molecule has 0 radical (unpaired) electrons. The Hall–Kier alpha value is -2.97. The smallest absolute Gasteiger partial charge is 0.343 e. The zero-order chi connectivity index (χ0) is 22.9. The molecule has 6 nitrogen and oxygen atoms in total.